The normalized spacial score (nSPS) is 11.1. The van der Waals surface area contributed by atoms with Crippen LogP contribution in [0.5, 0.6) is 0 Å². The monoisotopic (exact) mass is 276 g/mol. The molecule has 0 aliphatic rings. The lowest BCUT2D eigenvalue weighted by atomic mass is 10.1. The summed E-state index contributed by atoms with van der Waals surface area (Å²) >= 11 is 5.71. The van der Waals surface area contributed by atoms with Crippen LogP contribution in [0.3, 0.4) is 0 Å². The van der Waals surface area contributed by atoms with E-state index in [1.165, 1.54) is 23.5 Å². The van der Waals surface area contributed by atoms with Crippen LogP contribution >= 0.6 is 24.0 Å². The third-order valence-electron chi connectivity index (χ3n) is 2.66. The van der Waals surface area contributed by atoms with Crippen LogP contribution in [-0.4, -0.2) is 9.97 Å². The van der Waals surface area contributed by atoms with Crippen molar-refractivity contribution in [3.05, 3.63) is 41.7 Å². The van der Waals surface area contributed by atoms with Gasteiger partial charge in [-0.2, -0.15) is 0 Å². The van der Waals surface area contributed by atoms with Gasteiger partial charge in [0, 0.05) is 5.56 Å². The molecule has 0 fully saturated rings. The molecule has 0 amide bonds. The topological polar surface area (TPSA) is 25.8 Å². The lowest BCUT2D eigenvalue weighted by Crippen LogP contribution is -1.90. The molecule has 0 spiro atoms. The van der Waals surface area contributed by atoms with E-state index in [1.54, 1.807) is 6.07 Å². The van der Waals surface area contributed by atoms with E-state index in [1.807, 2.05) is 19.1 Å². The molecule has 0 aliphatic carbocycles. The molecular formula is C13H9FN2S2. The smallest absolute Gasteiger partial charge is 0.172 e. The summed E-state index contributed by atoms with van der Waals surface area (Å²) in [6.45, 7) is 1.96. The second-order valence-corrected chi connectivity index (χ2v) is 5.74. The molecule has 2 nitrogen and oxygen atoms in total. The predicted molar refractivity (Wildman–Crippen MR) is 74.8 cm³/mol. The Balaban J connectivity index is 2.25. The van der Waals surface area contributed by atoms with Crippen LogP contribution in [0.2, 0.25) is 0 Å². The summed E-state index contributed by atoms with van der Waals surface area (Å²) in [6.07, 6.45) is 0. The molecule has 3 rings (SSSR count). The molecule has 5 heteroatoms. The molecule has 0 bridgehead atoms. The van der Waals surface area contributed by atoms with Crippen molar-refractivity contribution in [2.75, 3.05) is 0 Å². The zero-order valence-corrected chi connectivity index (χ0v) is 11.2. The Morgan fingerprint density at radius 1 is 1.22 bits per heavy atom. The Hall–Kier alpha value is -1.46. The number of aryl methyl sites for hydroxylation is 1. The summed E-state index contributed by atoms with van der Waals surface area (Å²) in [5.41, 5.74) is 3.20. The van der Waals surface area contributed by atoms with Gasteiger partial charge in [-0.25, -0.2) is 14.4 Å². The van der Waals surface area contributed by atoms with Gasteiger partial charge >= 0.3 is 0 Å². The number of pyridine rings is 1. The maximum Gasteiger partial charge on any atom is 0.172 e. The molecule has 0 saturated heterocycles. The first-order chi connectivity index (χ1) is 8.63. The molecule has 0 N–H and O–H groups in total. The van der Waals surface area contributed by atoms with Gasteiger partial charge in [-0.05, 0) is 30.7 Å². The Morgan fingerprint density at radius 3 is 2.83 bits per heavy atom. The number of benzene rings is 1. The molecule has 0 radical (unpaired) electrons. The van der Waals surface area contributed by atoms with Gasteiger partial charge < -0.3 is 0 Å². The number of thiazole rings is 1. The van der Waals surface area contributed by atoms with Crippen molar-refractivity contribution in [3.63, 3.8) is 0 Å². The molecule has 18 heavy (non-hydrogen) atoms. The van der Waals surface area contributed by atoms with Crippen LogP contribution < -0.4 is 0 Å². The molecule has 0 aliphatic heterocycles. The summed E-state index contributed by atoms with van der Waals surface area (Å²) in [7, 11) is 0. The average molecular weight is 276 g/mol. The van der Waals surface area contributed by atoms with Crippen molar-refractivity contribution in [2.24, 2.45) is 0 Å². The van der Waals surface area contributed by atoms with Gasteiger partial charge in [0.25, 0.3) is 0 Å². The maximum atomic E-state index is 13.2. The van der Waals surface area contributed by atoms with Crippen molar-refractivity contribution in [1.82, 2.24) is 9.97 Å². The molecule has 3 aromatic rings. The minimum Gasteiger partial charge on any atom is -0.227 e. The summed E-state index contributed by atoms with van der Waals surface area (Å²) in [6, 6.07) is 8.44. The fourth-order valence-electron chi connectivity index (χ4n) is 1.87. The van der Waals surface area contributed by atoms with E-state index >= 15 is 0 Å². The van der Waals surface area contributed by atoms with Crippen molar-refractivity contribution in [3.8, 4) is 11.3 Å². The standard InChI is InChI=1S/C13H9FN2S2/c1-7-5-10-12(16-13(17)18-10)15-11(7)8-3-2-4-9(14)6-8/h2-6H,1H3,(H,15,16,17). The summed E-state index contributed by atoms with van der Waals surface area (Å²) in [4.78, 5) is 8.73. The average Bonchev–Trinajstić information content (AvgIpc) is 2.67. The van der Waals surface area contributed by atoms with Gasteiger partial charge in [-0.3, -0.25) is 0 Å². The minimum absolute atomic E-state index is 0.262. The van der Waals surface area contributed by atoms with E-state index in [-0.39, 0.29) is 5.82 Å². The second kappa shape index (κ2) is 4.33. The highest BCUT2D eigenvalue weighted by atomic mass is 32.2. The van der Waals surface area contributed by atoms with Gasteiger partial charge in [0.05, 0.1) is 10.4 Å². The van der Waals surface area contributed by atoms with Crippen molar-refractivity contribution in [2.45, 2.75) is 11.3 Å². The van der Waals surface area contributed by atoms with E-state index in [0.29, 0.717) is 9.99 Å². The third-order valence-corrected chi connectivity index (χ3v) is 3.83. The molecule has 90 valence electrons. The zero-order valence-electron chi connectivity index (χ0n) is 9.51. The number of thiol groups is 1. The highest BCUT2D eigenvalue weighted by Gasteiger charge is 2.09. The summed E-state index contributed by atoms with van der Waals surface area (Å²) in [5, 5.41) is 0. The van der Waals surface area contributed by atoms with Gasteiger partial charge in [0.1, 0.15) is 10.2 Å². The highest BCUT2D eigenvalue weighted by Crippen LogP contribution is 2.29. The first-order valence-electron chi connectivity index (χ1n) is 5.36. The Kier molecular flexibility index (Phi) is 2.80. The van der Waals surface area contributed by atoms with Crippen molar-refractivity contribution >= 4 is 34.3 Å². The van der Waals surface area contributed by atoms with E-state index in [2.05, 4.69) is 22.6 Å². The van der Waals surface area contributed by atoms with Crippen LogP contribution in [0.4, 0.5) is 4.39 Å². The number of hydrogen-bond donors (Lipinski definition) is 1. The van der Waals surface area contributed by atoms with Crippen molar-refractivity contribution in [1.29, 1.82) is 0 Å². The SMILES string of the molecule is Cc1cc2sc(S)nc2nc1-c1cccc(F)c1. The zero-order chi connectivity index (χ0) is 12.7. The molecule has 0 unspecified atom stereocenters. The van der Waals surface area contributed by atoms with Gasteiger partial charge in [0.2, 0.25) is 0 Å². The van der Waals surface area contributed by atoms with Crippen molar-refractivity contribution < 1.29 is 4.39 Å². The molecule has 2 heterocycles. The van der Waals surface area contributed by atoms with Gasteiger partial charge in [-0.15, -0.1) is 24.0 Å². The van der Waals surface area contributed by atoms with Crippen LogP contribution in [0.1, 0.15) is 5.56 Å². The molecule has 1 aromatic carbocycles. The number of nitrogens with zero attached hydrogens (tertiary/aromatic N) is 2. The van der Waals surface area contributed by atoms with Crippen LogP contribution in [-0.2, 0) is 0 Å². The van der Waals surface area contributed by atoms with Gasteiger partial charge in [0.15, 0.2) is 5.65 Å². The number of aromatic nitrogens is 2. The summed E-state index contributed by atoms with van der Waals surface area (Å²) in [5.74, 6) is -0.262. The van der Waals surface area contributed by atoms with E-state index in [9.17, 15) is 4.39 Å². The fraction of sp³-hybridized carbons (Fsp3) is 0.0769. The number of hydrogen-bond acceptors (Lipinski definition) is 4. The second-order valence-electron chi connectivity index (χ2n) is 3.98. The molecule has 2 aromatic heterocycles. The fourth-order valence-corrected chi connectivity index (χ4v) is 3.01. The first kappa shape index (κ1) is 11.6. The lowest BCUT2D eigenvalue weighted by Gasteiger charge is -2.04. The van der Waals surface area contributed by atoms with Gasteiger partial charge in [-0.1, -0.05) is 12.1 Å². The third kappa shape index (κ3) is 2.00. The quantitative estimate of drug-likeness (QED) is 0.677. The predicted octanol–water partition coefficient (Wildman–Crippen LogP) is 4.09. The molecular weight excluding hydrogens is 267 g/mol. The minimum atomic E-state index is -0.262. The van der Waals surface area contributed by atoms with Crippen LogP contribution in [0.15, 0.2) is 34.7 Å². The Bertz CT molecular complexity index is 737. The Labute approximate surface area is 113 Å². The lowest BCUT2D eigenvalue weighted by molar-refractivity contribution is 0.628. The largest absolute Gasteiger partial charge is 0.227 e. The maximum absolute atomic E-state index is 13.2. The first-order valence-corrected chi connectivity index (χ1v) is 6.63. The van der Waals surface area contributed by atoms with Crippen LogP contribution in [0.25, 0.3) is 21.6 Å². The Morgan fingerprint density at radius 2 is 2.06 bits per heavy atom. The van der Waals surface area contributed by atoms with E-state index in [4.69, 9.17) is 0 Å². The number of fused-ring (bicyclic) bond motifs is 1. The number of halogens is 1. The van der Waals surface area contributed by atoms with Crippen LogP contribution in [0, 0.1) is 12.7 Å². The molecule has 0 saturated carbocycles. The molecule has 0 atom stereocenters. The number of rotatable bonds is 1. The summed E-state index contributed by atoms with van der Waals surface area (Å²) < 4.78 is 14.9. The van der Waals surface area contributed by atoms with E-state index < -0.39 is 0 Å². The van der Waals surface area contributed by atoms with E-state index in [0.717, 1.165) is 21.5 Å². The highest BCUT2D eigenvalue weighted by molar-refractivity contribution is 7.82.